The van der Waals surface area contributed by atoms with Crippen LogP contribution in [-0.2, 0) is 20.9 Å². The maximum atomic E-state index is 13.5. The highest BCUT2D eigenvalue weighted by Gasteiger charge is 2.43. The zero-order valence-corrected chi connectivity index (χ0v) is 14.6. The number of likely N-dealkylation sites (tertiary alicyclic amines) is 1. The van der Waals surface area contributed by atoms with Crippen LogP contribution in [0.3, 0.4) is 0 Å². The number of nitrogens with zero attached hydrogens (tertiary/aromatic N) is 2. The van der Waals surface area contributed by atoms with Crippen molar-refractivity contribution in [1.29, 1.82) is 0 Å². The van der Waals surface area contributed by atoms with Crippen molar-refractivity contribution >= 4 is 30.1 Å². The Hall–Kier alpha value is -1.99. The van der Waals surface area contributed by atoms with E-state index in [4.69, 9.17) is 0 Å². The summed E-state index contributed by atoms with van der Waals surface area (Å²) in [6.07, 6.45) is 0.0662. The van der Waals surface area contributed by atoms with Gasteiger partial charge < -0.3 is 5.32 Å². The molecule has 1 aliphatic heterocycles. The molecule has 2 rings (SSSR count). The van der Waals surface area contributed by atoms with Gasteiger partial charge in [-0.3, -0.25) is 24.2 Å². The quantitative estimate of drug-likeness (QED) is 0.796. The van der Waals surface area contributed by atoms with Gasteiger partial charge in [-0.05, 0) is 27.1 Å². The van der Waals surface area contributed by atoms with Crippen molar-refractivity contribution in [2.75, 3.05) is 14.1 Å². The topological polar surface area (TPSA) is 69.7 Å². The lowest BCUT2D eigenvalue weighted by atomic mass is 10.2. The van der Waals surface area contributed by atoms with Crippen molar-refractivity contribution in [2.24, 2.45) is 0 Å². The number of carbonyl (C=O) groups is 3. The summed E-state index contributed by atoms with van der Waals surface area (Å²) in [5, 5.41) is 2.56. The van der Waals surface area contributed by atoms with Crippen LogP contribution in [0.25, 0.3) is 0 Å². The molecule has 0 radical (unpaired) electrons. The molecule has 0 aromatic heterocycles. The molecule has 8 heteroatoms. The van der Waals surface area contributed by atoms with Crippen LogP contribution >= 0.6 is 12.4 Å². The first-order chi connectivity index (χ1) is 10.8. The molecule has 0 aliphatic carbocycles. The summed E-state index contributed by atoms with van der Waals surface area (Å²) in [4.78, 5) is 39.1. The van der Waals surface area contributed by atoms with E-state index in [9.17, 15) is 18.8 Å². The fraction of sp³-hybridized carbons (Fsp3) is 0.438. The van der Waals surface area contributed by atoms with Gasteiger partial charge in [0.2, 0.25) is 17.7 Å². The lowest BCUT2D eigenvalue weighted by Gasteiger charge is -2.23. The van der Waals surface area contributed by atoms with Crippen LogP contribution in [0.5, 0.6) is 0 Å². The second kappa shape index (κ2) is 8.21. The van der Waals surface area contributed by atoms with Gasteiger partial charge in [-0.15, -0.1) is 12.4 Å². The minimum Gasteiger partial charge on any atom is -0.350 e. The summed E-state index contributed by atoms with van der Waals surface area (Å²) >= 11 is 0. The Kier molecular flexibility index (Phi) is 6.86. The van der Waals surface area contributed by atoms with Crippen molar-refractivity contribution in [1.82, 2.24) is 15.1 Å². The summed E-state index contributed by atoms with van der Waals surface area (Å²) in [5.41, 5.74) is 0.346. The smallest absolute Gasteiger partial charge is 0.247 e. The van der Waals surface area contributed by atoms with Gasteiger partial charge in [-0.2, -0.15) is 0 Å². The van der Waals surface area contributed by atoms with Gasteiger partial charge in [0.05, 0.1) is 12.5 Å². The first-order valence-corrected chi connectivity index (χ1v) is 7.36. The molecule has 1 fully saturated rings. The van der Waals surface area contributed by atoms with E-state index in [0.29, 0.717) is 5.56 Å². The molecular formula is C16H21ClFN3O3. The van der Waals surface area contributed by atoms with Crippen molar-refractivity contribution in [3.63, 3.8) is 0 Å². The van der Waals surface area contributed by atoms with Crippen molar-refractivity contribution in [3.05, 3.63) is 35.6 Å². The molecule has 0 saturated carbocycles. The van der Waals surface area contributed by atoms with Crippen molar-refractivity contribution < 1.29 is 18.8 Å². The average Bonchev–Trinajstić information content (AvgIpc) is 2.80. The largest absolute Gasteiger partial charge is 0.350 e. The number of rotatable bonds is 5. The number of likely N-dealkylation sites (N-methyl/N-ethyl adjacent to an activating group) is 1. The predicted octanol–water partition coefficient (Wildman–Crippen LogP) is 0.941. The van der Waals surface area contributed by atoms with Crippen LogP contribution in [0.15, 0.2) is 24.3 Å². The monoisotopic (exact) mass is 357 g/mol. The number of halogens is 2. The molecule has 6 nitrogen and oxygen atoms in total. The van der Waals surface area contributed by atoms with E-state index in [1.807, 2.05) is 0 Å². The maximum Gasteiger partial charge on any atom is 0.247 e. The third kappa shape index (κ3) is 4.10. The van der Waals surface area contributed by atoms with Crippen LogP contribution in [0.4, 0.5) is 4.39 Å². The summed E-state index contributed by atoms with van der Waals surface area (Å²) in [5.74, 6) is -1.66. The summed E-state index contributed by atoms with van der Waals surface area (Å²) in [7, 11) is 3.42. The molecule has 1 heterocycles. The Balaban J connectivity index is 0.00000288. The molecule has 2 atom stereocenters. The van der Waals surface area contributed by atoms with Crippen LogP contribution in [0.1, 0.15) is 18.9 Å². The van der Waals surface area contributed by atoms with Gasteiger partial charge >= 0.3 is 0 Å². The number of amides is 3. The normalized spacial score (nSPS) is 18.5. The minimum absolute atomic E-state index is 0. The van der Waals surface area contributed by atoms with Gasteiger partial charge in [0, 0.05) is 12.1 Å². The van der Waals surface area contributed by atoms with Gasteiger partial charge in [0.1, 0.15) is 11.9 Å². The lowest BCUT2D eigenvalue weighted by molar-refractivity contribution is -0.147. The Morgan fingerprint density at radius 3 is 2.54 bits per heavy atom. The predicted molar refractivity (Wildman–Crippen MR) is 88.9 cm³/mol. The number of hydrogen-bond donors (Lipinski definition) is 1. The zero-order valence-electron chi connectivity index (χ0n) is 13.8. The van der Waals surface area contributed by atoms with E-state index in [-0.39, 0.29) is 37.2 Å². The second-order valence-electron chi connectivity index (χ2n) is 5.77. The highest BCUT2D eigenvalue weighted by molar-refractivity contribution is 6.08. The molecule has 0 spiro atoms. The number of hydrogen-bond acceptors (Lipinski definition) is 4. The fourth-order valence-electron chi connectivity index (χ4n) is 2.53. The molecule has 1 saturated heterocycles. The van der Waals surface area contributed by atoms with E-state index in [1.165, 1.54) is 13.0 Å². The molecule has 1 unspecified atom stereocenters. The van der Waals surface area contributed by atoms with E-state index >= 15 is 0 Å². The number of imide groups is 1. The van der Waals surface area contributed by atoms with Gasteiger partial charge in [-0.1, -0.05) is 18.2 Å². The molecule has 3 amide bonds. The highest BCUT2D eigenvalue weighted by Crippen LogP contribution is 2.19. The van der Waals surface area contributed by atoms with Gasteiger partial charge in [-0.25, -0.2) is 4.39 Å². The first kappa shape index (κ1) is 20.1. The fourth-order valence-corrected chi connectivity index (χ4v) is 2.53. The Bertz CT molecular complexity index is 639. The van der Waals surface area contributed by atoms with Crippen molar-refractivity contribution in [2.45, 2.75) is 32.0 Å². The molecule has 1 aromatic rings. The average molecular weight is 358 g/mol. The number of benzene rings is 1. The minimum atomic E-state index is -0.924. The SMILES string of the molecule is C[C@@H](C(=O)NCc1ccccc1F)N1C(=O)CC(N(C)C)C1=O.Cl. The van der Waals surface area contributed by atoms with Crippen LogP contribution < -0.4 is 5.32 Å². The summed E-state index contributed by atoms with van der Waals surface area (Å²) in [6, 6.07) is 4.64. The van der Waals surface area contributed by atoms with E-state index in [2.05, 4.69) is 5.32 Å². The number of nitrogens with one attached hydrogen (secondary N) is 1. The zero-order chi connectivity index (χ0) is 17.1. The highest BCUT2D eigenvalue weighted by atomic mass is 35.5. The molecule has 24 heavy (non-hydrogen) atoms. The summed E-state index contributed by atoms with van der Waals surface area (Å²) in [6.45, 7) is 1.49. The first-order valence-electron chi connectivity index (χ1n) is 7.36. The maximum absolute atomic E-state index is 13.5. The van der Waals surface area contributed by atoms with E-state index in [1.54, 1.807) is 37.2 Å². The molecule has 0 bridgehead atoms. The molecule has 1 aliphatic rings. The third-order valence-electron chi connectivity index (χ3n) is 3.96. The molecular weight excluding hydrogens is 337 g/mol. The second-order valence-corrected chi connectivity index (χ2v) is 5.77. The van der Waals surface area contributed by atoms with Gasteiger partial charge in [0.15, 0.2) is 0 Å². The van der Waals surface area contributed by atoms with E-state index in [0.717, 1.165) is 4.90 Å². The lowest BCUT2D eigenvalue weighted by Crippen LogP contribution is -2.49. The Morgan fingerprint density at radius 2 is 2.00 bits per heavy atom. The molecule has 1 aromatic carbocycles. The number of carbonyl (C=O) groups excluding carboxylic acids is 3. The molecule has 132 valence electrons. The van der Waals surface area contributed by atoms with Crippen LogP contribution in [-0.4, -0.2) is 53.7 Å². The molecule has 1 N–H and O–H groups in total. The van der Waals surface area contributed by atoms with Crippen LogP contribution in [0, 0.1) is 5.82 Å². The van der Waals surface area contributed by atoms with Crippen molar-refractivity contribution in [3.8, 4) is 0 Å². The van der Waals surface area contributed by atoms with Gasteiger partial charge in [0.25, 0.3) is 0 Å². The summed E-state index contributed by atoms with van der Waals surface area (Å²) < 4.78 is 13.5. The third-order valence-corrected chi connectivity index (χ3v) is 3.96. The van der Waals surface area contributed by atoms with Crippen LogP contribution in [0.2, 0.25) is 0 Å². The standard InChI is InChI=1S/C16H20FN3O3.ClH/c1-10(20-14(21)8-13(16(20)23)19(2)3)15(22)18-9-11-6-4-5-7-12(11)17;/h4-7,10,13H,8-9H2,1-3H3,(H,18,22);1H/t10-,13?;/m0./s1. The Morgan fingerprint density at radius 1 is 1.38 bits per heavy atom. The Labute approximate surface area is 146 Å². The van der Waals surface area contributed by atoms with E-state index < -0.39 is 23.8 Å².